The molecule has 19 heavy (non-hydrogen) atoms. The fourth-order valence-corrected chi connectivity index (χ4v) is 1.59. The first-order valence-corrected chi connectivity index (χ1v) is 5.29. The van der Waals surface area contributed by atoms with E-state index in [1.165, 1.54) is 7.11 Å². The molecule has 1 aromatic heterocycles. The predicted octanol–water partition coefficient (Wildman–Crippen LogP) is 0.726. The van der Waals surface area contributed by atoms with Crippen LogP contribution < -0.4 is 16.0 Å². The maximum absolute atomic E-state index is 11.6. The molecule has 2 rings (SSSR count). The molecule has 0 saturated heterocycles. The Hall–Kier alpha value is -2.83. The minimum Gasteiger partial charge on any atom is -0.496 e. The monoisotopic (exact) mass is 261 g/mol. The Morgan fingerprint density at radius 3 is 2.79 bits per heavy atom. The van der Waals surface area contributed by atoms with Gasteiger partial charge < -0.3 is 20.6 Å². The molecule has 7 nitrogen and oxygen atoms in total. The van der Waals surface area contributed by atoms with Gasteiger partial charge in [-0.2, -0.15) is 0 Å². The molecule has 0 spiro atoms. The molecule has 0 radical (unpaired) electrons. The number of carboxylic acids is 1. The number of carboxylic acid groups (broad SMARTS) is 1. The van der Waals surface area contributed by atoms with E-state index >= 15 is 0 Å². The summed E-state index contributed by atoms with van der Waals surface area (Å²) in [4.78, 5) is 28.6. The molecule has 98 valence electrons. The van der Waals surface area contributed by atoms with Gasteiger partial charge in [-0.25, -0.2) is 9.78 Å². The van der Waals surface area contributed by atoms with Crippen molar-refractivity contribution in [3.05, 3.63) is 40.3 Å². The molecule has 0 fully saturated rings. The van der Waals surface area contributed by atoms with Gasteiger partial charge in [-0.15, -0.1) is 0 Å². The third kappa shape index (κ3) is 2.39. The molecule has 2 aromatic rings. The lowest BCUT2D eigenvalue weighted by Gasteiger charge is -2.08. The van der Waals surface area contributed by atoms with Crippen molar-refractivity contribution in [1.29, 1.82) is 0 Å². The topological polar surface area (TPSA) is 118 Å². The van der Waals surface area contributed by atoms with Gasteiger partial charge in [0.15, 0.2) is 0 Å². The number of rotatable bonds is 3. The highest BCUT2D eigenvalue weighted by molar-refractivity contribution is 5.87. The van der Waals surface area contributed by atoms with Crippen LogP contribution in [0.5, 0.6) is 5.75 Å². The summed E-state index contributed by atoms with van der Waals surface area (Å²) < 4.78 is 5.14. The van der Waals surface area contributed by atoms with Crippen LogP contribution in [0.4, 0.5) is 5.69 Å². The number of aromatic nitrogens is 2. The van der Waals surface area contributed by atoms with Crippen LogP contribution in [0.1, 0.15) is 10.4 Å². The Morgan fingerprint density at radius 1 is 1.47 bits per heavy atom. The molecule has 4 N–H and O–H groups in total. The lowest BCUT2D eigenvalue weighted by molar-refractivity contribution is 0.0694. The van der Waals surface area contributed by atoms with Crippen molar-refractivity contribution in [1.82, 2.24) is 9.97 Å². The minimum absolute atomic E-state index is 0.194. The second-order valence-electron chi connectivity index (χ2n) is 3.74. The van der Waals surface area contributed by atoms with Crippen molar-refractivity contribution < 1.29 is 14.6 Å². The average molecular weight is 261 g/mol. The number of aromatic amines is 1. The molecule has 1 heterocycles. The number of nitrogens with one attached hydrogen (secondary N) is 1. The third-order valence-corrected chi connectivity index (χ3v) is 2.51. The molecule has 0 aliphatic heterocycles. The number of benzene rings is 1. The van der Waals surface area contributed by atoms with Gasteiger partial charge in [0.1, 0.15) is 17.1 Å². The van der Waals surface area contributed by atoms with E-state index in [0.29, 0.717) is 17.0 Å². The summed E-state index contributed by atoms with van der Waals surface area (Å²) in [7, 11) is 1.47. The van der Waals surface area contributed by atoms with Crippen LogP contribution in [-0.2, 0) is 0 Å². The largest absolute Gasteiger partial charge is 0.496 e. The van der Waals surface area contributed by atoms with E-state index in [-0.39, 0.29) is 5.82 Å². The van der Waals surface area contributed by atoms with Crippen molar-refractivity contribution in [2.24, 2.45) is 0 Å². The molecule has 7 heteroatoms. The number of carbonyl (C=O) groups is 1. The number of nitrogens with two attached hydrogens (primary N) is 1. The lowest BCUT2D eigenvalue weighted by Crippen LogP contribution is -2.18. The zero-order valence-electron chi connectivity index (χ0n) is 10.0. The Morgan fingerprint density at radius 2 is 2.21 bits per heavy atom. The first-order valence-electron chi connectivity index (χ1n) is 5.29. The molecule has 0 unspecified atom stereocenters. The normalized spacial score (nSPS) is 10.2. The fourth-order valence-electron chi connectivity index (χ4n) is 1.59. The number of nitrogen functional groups attached to an aromatic ring is 1. The summed E-state index contributed by atoms with van der Waals surface area (Å²) in [5.41, 5.74) is 5.46. The van der Waals surface area contributed by atoms with Crippen LogP contribution in [0.2, 0.25) is 0 Å². The van der Waals surface area contributed by atoms with Gasteiger partial charge in [0.05, 0.1) is 12.7 Å². The zero-order chi connectivity index (χ0) is 14.0. The molecule has 0 atom stereocenters. The highest BCUT2D eigenvalue weighted by Crippen LogP contribution is 2.28. The van der Waals surface area contributed by atoms with Gasteiger partial charge in [-0.1, -0.05) is 0 Å². The lowest BCUT2D eigenvalue weighted by atomic mass is 10.1. The number of hydrogen-bond donors (Lipinski definition) is 3. The average Bonchev–Trinajstić information content (AvgIpc) is 2.38. The molecule has 1 aromatic carbocycles. The standard InChI is InChI=1S/C12H11N3O4/c1-19-9-3-2-6(13)4-7(9)10-14-5-8(12(17)18)11(16)15-10/h2-5H,13H2,1H3,(H,17,18)(H,14,15,16). The Balaban J connectivity index is 2.60. The second-order valence-corrected chi connectivity index (χ2v) is 3.74. The van der Waals surface area contributed by atoms with Crippen molar-refractivity contribution in [3.63, 3.8) is 0 Å². The number of hydrogen-bond acceptors (Lipinski definition) is 5. The summed E-state index contributed by atoms with van der Waals surface area (Å²) in [6, 6.07) is 4.86. The van der Waals surface area contributed by atoms with E-state index in [1.807, 2.05) is 0 Å². The summed E-state index contributed by atoms with van der Waals surface area (Å²) in [6.45, 7) is 0. The number of anilines is 1. The van der Waals surface area contributed by atoms with Gasteiger partial charge in [-0.3, -0.25) is 4.79 Å². The van der Waals surface area contributed by atoms with Crippen LogP contribution in [0.3, 0.4) is 0 Å². The van der Waals surface area contributed by atoms with Crippen molar-refractivity contribution in [2.75, 3.05) is 12.8 Å². The second kappa shape index (κ2) is 4.81. The van der Waals surface area contributed by atoms with Crippen LogP contribution in [0.15, 0.2) is 29.2 Å². The predicted molar refractivity (Wildman–Crippen MR) is 68.2 cm³/mol. The van der Waals surface area contributed by atoms with Crippen LogP contribution in [0, 0.1) is 0 Å². The first-order chi connectivity index (χ1) is 9.02. The van der Waals surface area contributed by atoms with E-state index in [0.717, 1.165) is 6.20 Å². The molecular formula is C12H11N3O4. The van der Waals surface area contributed by atoms with Crippen molar-refractivity contribution >= 4 is 11.7 Å². The highest BCUT2D eigenvalue weighted by Gasteiger charge is 2.13. The van der Waals surface area contributed by atoms with E-state index in [4.69, 9.17) is 15.6 Å². The Labute approximate surface area is 107 Å². The fraction of sp³-hybridized carbons (Fsp3) is 0.0833. The van der Waals surface area contributed by atoms with Gasteiger partial charge in [0, 0.05) is 11.9 Å². The highest BCUT2D eigenvalue weighted by atomic mass is 16.5. The number of ether oxygens (including phenoxy) is 1. The van der Waals surface area contributed by atoms with Gasteiger partial charge in [-0.05, 0) is 18.2 Å². The molecule has 0 aliphatic rings. The van der Waals surface area contributed by atoms with E-state index in [9.17, 15) is 9.59 Å². The number of H-pyrrole nitrogens is 1. The van der Waals surface area contributed by atoms with Gasteiger partial charge in [0.25, 0.3) is 5.56 Å². The van der Waals surface area contributed by atoms with Gasteiger partial charge >= 0.3 is 5.97 Å². The summed E-state index contributed by atoms with van der Waals surface area (Å²) >= 11 is 0. The number of methoxy groups -OCH3 is 1. The Bertz CT molecular complexity index is 694. The molecule has 0 bridgehead atoms. The van der Waals surface area contributed by atoms with E-state index in [2.05, 4.69) is 9.97 Å². The van der Waals surface area contributed by atoms with E-state index in [1.54, 1.807) is 18.2 Å². The number of nitrogens with zero attached hydrogens (tertiary/aromatic N) is 1. The first kappa shape index (κ1) is 12.6. The van der Waals surface area contributed by atoms with Crippen molar-refractivity contribution in [2.45, 2.75) is 0 Å². The SMILES string of the molecule is COc1ccc(N)cc1-c1ncc(C(=O)O)c(=O)[nH]1. The molecule has 0 saturated carbocycles. The Kier molecular flexibility index (Phi) is 3.19. The quantitative estimate of drug-likeness (QED) is 0.701. The van der Waals surface area contributed by atoms with Crippen LogP contribution in [-0.4, -0.2) is 28.2 Å². The van der Waals surface area contributed by atoms with Crippen LogP contribution in [0.25, 0.3) is 11.4 Å². The molecule has 0 amide bonds. The number of aromatic carboxylic acids is 1. The molecular weight excluding hydrogens is 250 g/mol. The zero-order valence-corrected chi connectivity index (χ0v) is 10.0. The summed E-state index contributed by atoms with van der Waals surface area (Å²) in [5.74, 6) is -0.667. The molecule has 0 aliphatic carbocycles. The van der Waals surface area contributed by atoms with Gasteiger partial charge in [0.2, 0.25) is 0 Å². The van der Waals surface area contributed by atoms with Crippen LogP contribution >= 0.6 is 0 Å². The summed E-state index contributed by atoms with van der Waals surface area (Å²) in [6.07, 6.45) is 0.999. The summed E-state index contributed by atoms with van der Waals surface area (Å²) in [5, 5.41) is 8.77. The maximum Gasteiger partial charge on any atom is 0.342 e. The smallest absolute Gasteiger partial charge is 0.342 e. The third-order valence-electron chi connectivity index (χ3n) is 2.51. The van der Waals surface area contributed by atoms with E-state index < -0.39 is 17.1 Å². The van der Waals surface area contributed by atoms with Crippen molar-refractivity contribution in [3.8, 4) is 17.1 Å². The minimum atomic E-state index is -1.33. The maximum atomic E-state index is 11.6.